The molecule has 0 aliphatic rings. The molecule has 0 aromatic carbocycles. The normalized spacial score (nSPS) is 8.90. The molecule has 0 unspecified atom stereocenters. The fraction of sp³-hybridized carbons (Fsp3) is 1.00. The van der Waals surface area contributed by atoms with Crippen molar-refractivity contribution in [3.05, 3.63) is 0 Å². The van der Waals surface area contributed by atoms with Crippen LogP contribution in [0, 0.1) is 0 Å². The number of aliphatic hydroxyl groups excluding tert-OH is 1. The minimum absolute atomic E-state index is 0.230. The van der Waals surface area contributed by atoms with Gasteiger partial charge in [0.2, 0.25) is 9.23 Å². The first kappa shape index (κ1) is 13.3. The van der Waals surface area contributed by atoms with Crippen LogP contribution < -0.4 is 0 Å². The zero-order chi connectivity index (χ0) is 8.41. The zero-order valence-electron chi connectivity index (χ0n) is 5.55. The monoisotopic (exact) mass is 208 g/mol. The van der Waals surface area contributed by atoms with E-state index in [1.54, 1.807) is 7.11 Å². The second kappa shape index (κ2) is 12.3. The molecule has 0 saturated carbocycles. The van der Waals surface area contributed by atoms with Gasteiger partial charge in [-0.05, 0) is 6.42 Å². The highest BCUT2D eigenvalue weighted by Crippen LogP contribution is 1.89. The maximum Gasteiger partial charge on any atom is 0.211 e. The molecule has 0 aliphatic carbocycles. The predicted molar refractivity (Wildman–Crippen MR) is 43.4 cm³/mol. The first-order valence-corrected chi connectivity index (χ1v) is 5.29. The van der Waals surface area contributed by atoms with Crippen LogP contribution in [0.3, 0.4) is 0 Å². The number of hydrogen-bond acceptors (Lipinski definition) is 3. The minimum Gasteiger partial charge on any atom is -0.396 e. The van der Waals surface area contributed by atoms with Gasteiger partial charge in [-0.25, -0.2) is 4.21 Å². The lowest BCUT2D eigenvalue weighted by Crippen LogP contribution is -1.90. The van der Waals surface area contributed by atoms with Crippen LogP contribution in [-0.4, -0.2) is 29.6 Å². The van der Waals surface area contributed by atoms with Crippen molar-refractivity contribution < 1.29 is 14.1 Å². The minimum atomic E-state index is -1.67. The van der Waals surface area contributed by atoms with Gasteiger partial charge < -0.3 is 9.84 Å². The molecule has 0 rings (SSSR count). The number of aliphatic hydroxyl groups is 1. The maximum atomic E-state index is 9.09. The Morgan fingerprint density at radius 1 is 1.60 bits per heavy atom. The van der Waals surface area contributed by atoms with Crippen LogP contribution >= 0.6 is 21.4 Å². The molecule has 64 valence electrons. The molecule has 0 amide bonds. The van der Waals surface area contributed by atoms with E-state index in [2.05, 4.69) is 26.1 Å². The molecular weight excluding hydrogens is 199 g/mol. The number of ether oxygens (including phenoxy) is 1. The lowest BCUT2D eigenvalue weighted by molar-refractivity contribution is 0.166. The summed E-state index contributed by atoms with van der Waals surface area (Å²) in [5, 5.41) is 8.12. The van der Waals surface area contributed by atoms with Crippen LogP contribution in [0.2, 0.25) is 0 Å². The first-order chi connectivity index (χ1) is 4.65. The third-order valence-electron chi connectivity index (χ3n) is 0.507. The van der Waals surface area contributed by atoms with Crippen LogP contribution in [0.25, 0.3) is 0 Å². The smallest absolute Gasteiger partial charge is 0.211 e. The van der Waals surface area contributed by atoms with E-state index in [-0.39, 0.29) is 6.61 Å². The van der Waals surface area contributed by atoms with E-state index in [0.717, 1.165) is 6.42 Å². The van der Waals surface area contributed by atoms with E-state index < -0.39 is 9.23 Å². The maximum absolute atomic E-state index is 9.09. The Kier molecular flexibility index (Phi) is 16.4. The van der Waals surface area contributed by atoms with Gasteiger partial charge >= 0.3 is 0 Å². The molecule has 0 spiro atoms. The standard InChI is InChI=1S/C4H10O2.Cl2OS/c1-6-4-2-3-5;1-4(2)3/h5H,2-4H2,1H3;. The van der Waals surface area contributed by atoms with Crippen molar-refractivity contribution in [3.63, 3.8) is 0 Å². The topological polar surface area (TPSA) is 46.5 Å². The Bertz CT molecular complexity index is 72.9. The van der Waals surface area contributed by atoms with Crippen molar-refractivity contribution in [3.8, 4) is 0 Å². The Hall–Kier alpha value is 0.650. The van der Waals surface area contributed by atoms with Crippen LogP contribution in [0.1, 0.15) is 6.42 Å². The number of halogens is 2. The van der Waals surface area contributed by atoms with Crippen molar-refractivity contribution in [2.45, 2.75) is 6.42 Å². The van der Waals surface area contributed by atoms with Gasteiger partial charge in [-0.2, -0.15) is 0 Å². The summed E-state index contributed by atoms with van der Waals surface area (Å²) in [4.78, 5) is 0. The van der Waals surface area contributed by atoms with Gasteiger partial charge in [-0.1, -0.05) is 0 Å². The predicted octanol–water partition coefficient (Wildman–Crippen LogP) is 1.06. The summed E-state index contributed by atoms with van der Waals surface area (Å²) in [5.41, 5.74) is 0. The molecule has 0 radical (unpaired) electrons. The highest BCUT2D eigenvalue weighted by Gasteiger charge is 1.75. The van der Waals surface area contributed by atoms with E-state index in [1.165, 1.54) is 0 Å². The molecule has 0 saturated heterocycles. The quantitative estimate of drug-likeness (QED) is 0.558. The van der Waals surface area contributed by atoms with Crippen molar-refractivity contribution in [2.24, 2.45) is 0 Å². The molecule has 1 N–H and O–H groups in total. The van der Waals surface area contributed by atoms with Gasteiger partial charge in [-0.15, -0.1) is 0 Å². The Labute approximate surface area is 71.7 Å². The van der Waals surface area contributed by atoms with Crippen molar-refractivity contribution in [1.29, 1.82) is 0 Å². The summed E-state index contributed by atoms with van der Waals surface area (Å²) in [6.45, 7) is 0.893. The van der Waals surface area contributed by atoms with Crippen LogP contribution in [0.4, 0.5) is 0 Å². The molecule has 0 aliphatic heterocycles. The van der Waals surface area contributed by atoms with Gasteiger partial charge in [0.25, 0.3) is 0 Å². The van der Waals surface area contributed by atoms with Crippen LogP contribution in [0.15, 0.2) is 0 Å². The summed E-state index contributed by atoms with van der Waals surface area (Å²) in [6.07, 6.45) is 0.747. The van der Waals surface area contributed by atoms with Gasteiger partial charge in [0.05, 0.1) is 0 Å². The summed E-state index contributed by atoms with van der Waals surface area (Å²) in [7, 11) is 8.98. The summed E-state index contributed by atoms with van der Waals surface area (Å²) in [6, 6.07) is 0. The highest BCUT2D eigenvalue weighted by molar-refractivity contribution is 8.26. The molecule has 0 aromatic heterocycles. The molecule has 10 heavy (non-hydrogen) atoms. The molecule has 3 nitrogen and oxygen atoms in total. The van der Waals surface area contributed by atoms with Crippen LogP contribution in [-0.2, 0) is 14.0 Å². The molecule has 6 heteroatoms. The average Bonchev–Trinajstić information content (AvgIpc) is 1.82. The van der Waals surface area contributed by atoms with Crippen molar-refractivity contribution >= 4 is 30.6 Å². The van der Waals surface area contributed by atoms with E-state index >= 15 is 0 Å². The Morgan fingerprint density at radius 2 is 2.00 bits per heavy atom. The Balaban J connectivity index is 0. The van der Waals surface area contributed by atoms with Crippen LogP contribution in [0.5, 0.6) is 0 Å². The summed E-state index contributed by atoms with van der Waals surface area (Å²) >= 11 is 0. The van der Waals surface area contributed by atoms with Crippen molar-refractivity contribution in [1.82, 2.24) is 0 Å². The van der Waals surface area contributed by atoms with E-state index in [9.17, 15) is 0 Å². The molecule has 0 bridgehead atoms. The van der Waals surface area contributed by atoms with Gasteiger partial charge in [0.1, 0.15) is 0 Å². The third-order valence-corrected chi connectivity index (χ3v) is 0.507. The SMILES string of the molecule is COCCCO.O=S(Cl)Cl. The largest absolute Gasteiger partial charge is 0.396 e. The van der Waals surface area contributed by atoms with Gasteiger partial charge in [-0.3, -0.25) is 0 Å². The first-order valence-electron chi connectivity index (χ1n) is 2.49. The lowest BCUT2D eigenvalue weighted by atomic mass is 10.5. The fourth-order valence-electron chi connectivity index (χ4n) is 0.209. The van der Waals surface area contributed by atoms with E-state index in [4.69, 9.17) is 9.32 Å². The number of methoxy groups -OCH3 is 1. The summed E-state index contributed by atoms with van der Waals surface area (Å²) < 4.78 is 13.7. The molecule has 0 atom stereocenters. The Morgan fingerprint density at radius 3 is 2.10 bits per heavy atom. The molecule has 0 heterocycles. The van der Waals surface area contributed by atoms with E-state index in [0.29, 0.717) is 6.61 Å². The average molecular weight is 209 g/mol. The number of rotatable bonds is 3. The second-order valence-corrected chi connectivity index (χ2v) is 3.78. The third kappa shape index (κ3) is 38.0. The molecular formula is C4H10Cl2O3S. The summed E-state index contributed by atoms with van der Waals surface area (Å²) in [5.74, 6) is 0. The van der Waals surface area contributed by atoms with Gasteiger partial charge in [0, 0.05) is 41.7 Å². The molecule has 0 aromatic rings. The zero-order valence-corrected chi connectivity index (χ0v) is 7.88. The lowest BCUT2D eigenvalue weighted by Gasteiger charge is -1.89. The second-order valence-electron chi connectivity index (χ2n) is 1.25. The van der Waals surface area contributed by atoms with Crippen molar-refractivity contribution in [2.75, 3.05) is 20.3 Å². The highest BCUT2D eigenvalue weighted by atomic mass is 36.0. The molecule has 0 fully saturated rings. The van der Waals surface area contributed by atoms with Gasteiger partial charge in [0.15, 0.2) is 0 Å². The number of hydrogen-bond donors (Lipinski definition) is 1. The fourth-order valence-corrected chi connectivity index (χ4v) is 0.209. The van der Waals surface area contributed by atoms with E-state index in [1.807, 2.05) is 0 Å².